The van der Waals surface area contributed by atoms with Crippen molar-refractivity contribution in [3.05, 3.63) is 29.8 Å². The summed E-state index contributed by atoms with van der Waals surface area (Å²) in [5.74, 6) is -0.0783. The minimum absolute atomic E-state index is 0.0594. The number of alkyl halides is 3. The van der Waals surface area contributed by atoms with Crippen molar-refractivity contribution in [2.24, 2.45) is 0 Å². The molecule has 140 valence electrons. The number of halogens is 3. The molecule has 1 fully saturated rings. The van der Waals surface area contributed by atoms with Gasteiger partial charge in [-0.2, -0.15) is 17.5 Å². The fourth-order valence-electron chi connectivity index (χ4n) is 2.55. The van der Waals surface area contributed by atoms with Crippen molar-refractivity contribution in [3.8, 4) is 0 Å². The first-order valence-electron chi connectivity index (χ1n) is 7.76. The van der Waals surface area contributed by atoms with Crippen LogP contribution in [-0.2, 0) is 21.0 Å². The standard InChI is InChI=1S/C15H20F3N3O3S/c1-19-6-5-14(22)20-7-9-21(10-8-20)25(23,24)13-4-2-3-12(11-13)15(16,17)18/h2-4,11,19H,5-10H2,1H3. The normalized spacial score (nSPS) is 16.9. The molecule has 0 atom stereocenters. The number of benzene rings is 1. The minimum Gasteiger partial charge on any atom is -0.340 e. The molecule has 1 aliphatic rings. The number of amides is 1. The van der Waals surface area contributed by atoms with E-state index in [-0.39, 0.29) is 32.1 Å². The fraction of sp³-hybridized carbons (Fsp3) is 0.533. The van der Waals surface area contributed by atoms with Crippen LogP contribution in [0, 0.1) is 0 Å². The van der Waals surface area contributed by atoms with Crippen LogP contribution in [0.25, 0.3) is 0 Å². The summed E-state index contributed by atoms with van der Waals surface area (Å²) in [5.41, 5.74) is -1.01. The van der Waals surface area contributed by atoms with Crippen molar-refractivity contribution in [2.45, 2.75) is 17.5 Å². The molecule has 10 heteroatoms. The van der Waals surface area contributed by atoms with Crippen LogP contribution in [0.4, 0.5) is 13.2 Å². The van der Waals surface area contributed by atoms with E-state index in [0.717, 1.165) is 22.5 Å². The predicted molar refractivity (Wildman–Crippen MR) is 85.3 cm³/mol. The Kier molecular flexibility index (Phi) is 6.07. The fourth-order valence-corrected chi connectivity index (χ4v) is 4.02. The molecule has 1 N–H and O–H groups in total. The number of hydrogen-bond acceptors (Lipinski definition) is 4. The van der Waals surface area contributed by atoms with E-state index >= 15 is 0 Å². The maximum absolute atomic E-state index is 12.8. The first-order valence-corrected chi connectivity index (χ1v) is 9.20. The van der Waals surface area contributed by atoms with Crippen LogP contribution in [0.2, 0.25) is 0 Å². The van der Waals surface area contributed by atoms with Gasteiger partial charge in [0.15, 0.2) is 0 Å². The molecule has 1 heterocycles. The van der Waals surface area contributed by atoms with Gasteiger partial charge in [-0.25, -0.2) is 8.42 Å². The Morgan fingerprint density at radius 1 is 1.20 bits per heavy atom. The maximum atomic E-state index is 12.8. The molecule has 0 radical (unpaired) electrons. The van der Waals surface area contributed by atoms with Gasteiger partial charge in [0, 0.05) is 39.1 Å². The third kappa shape index (κ3) is 4.71. The van der Waals surface area contributed by atoms with Gasteiger partial charge in [-0.3, -0.25) is 4.79 Å². The van der Waals surface area contributed by atoms with Gasteiger partial charge in [0.2, 0.25) is 15.9 Å². The molecule has 1 aromatic rings. The zero-order valence-electron chi connectivity index (χ0n) is 13.7. The molecule has 0 bridgehead atoms. The minimum atomic E-state index is -4.61. The summed E-state index contributed by atoms with van der Waals surface area (Å²) >= 11 is 0. The van der Waals surface area contributed by atoms with Crippen LogP contribution in [0.15, 0.2) is 29.2 Å². The van der Waals surface area contributed by atoms with Gasteiger partial charge in [-0.1, -0.05) is 6.07 Å². The quantitative estimate of drug-likeness (QED) is 0.833. The molecule has 1 saturated heterocycles. The van der Waals surface area contributed by atoms with Gasteiger partial charge in [-0.15, -0.1) is 0 Å². The predicted octanol–water partition coefficient (Wildman–Crippen LogP) is 1.15. The first-order chi connectivity index (χ1) is 11.7. The second kappa shape index (κ2) is 7.71. The number of nitrogens with zero attached hydrogens (tertiary/aromatic N) is 2. The Morgan fingerprint density at radius 2 is 1.84 bits per heavy atom. The highest BCUT2D eigenvalue weighted by Crippen LogP contribution is 2.31. The van der Waals surface area contributed by atoms with Crippen molar-refractivity contribution in [1.29, 1.82) is 0 Å². The second-order valence-corrected chi connectivity index (χ2v) is 7.60. The molecule has 25 heavy (non-hydrogen) atoms. The summed E-state index contributed by atoms with van der Waals surface area (Å²) < 4.78 is 64.6. The number of sulfonamides is 1. The molecule has 1 amide bonds. The summed E-state index contributed by atoms with van der Waals surface area (Å²) in [6, 6.07) is 3.69. The zero-order chi connectivity index (χ0) is 18.7. The summed E-state index contributed by atoms with van der Waals surface area (Å²) in [5, 5.41) is 2.86. The number of piperazine rings is 1. The van der Waals surface area contributed by atoms with E-state index in [1.54, 1.807) is 11.9 Å². The molecule has 6 nitrogen and oxygen atoms in total. The highest BCUT2D eigenvalue weighted by Gasteiger charge is 2.34. The largest absolute Gasteiger partial charge is 0.416 e. The van der Waals surface area contributed by atoms with Gasteiger partial charge in [-0.05, 0) is 25.2 Å². The molecule has 0 aromatic heterocycles. The summed E-state index contributed by atoms with van der Waals surface area (Å²) in [6.07, 6.45) is -4.29. The van der Waals surface area contributed by atoms with Crippen molar-refractivity contribution in [1.82, 2.24) is 14.5 Å². The lowest BCUT2D eigenvalue weighted by molar-refractivity contribution is -0.137. The molecule has 1 aromatic carbocycles. The summed E-state index contributed by atoms with van der Waals surface area (Å²) in [7, 11) is -2.30. The van der Waals surface area contributed by atoms with Gasteiger partial charge in [0.1, 0.15) is 0 Å². The maximum Gasteiger partial charge on any atom is 0.416 e. The van der Waals surface area contributed by atoms with Crippen molar-refractivity contribution < 1.29 is 26.4 Å². The Balaban J connectivity index is 2.08. The van der Waals surface area contributed by atoms with E-state index in [1.807, 2.05) is 0 Å². The van der Waals surface area contributed by atoms with E-state index in [0.29, 0.717) is 19.0 Å². The van der Waals surface area contributed by atoms with Crippen molar-refractivity contribution in [3.63, 3.8) is 0 Å². The lowest BCUT2D eigenvalue weighted by atomic mass is 10.2. The Morgan fingerprint density at radius 3 is 2.40 bits per heavy atom. The third-order valence-corrected chi connectivity index (χ3v) is 5.87. The van der Waals surface area contributed by atoms with Crippen LogP contribution >= 0.6 is 0 Å². The molecule has 0 saturated carbocycles. The van der Waals surface area contributed by atoms with E-state index in [4.69, 9.17) is 0 Å². The number of hydrogen-bond donors (Lipinski definition) is 1. The number of carbonyl (C=O) groups is 1. The molecule has 1 aliphatic heterocycles. The van der Waals surface area contributed by atoms with Crippen LogP contribution < -0.4 is 5.32 Å². The van der Waals surface area contributed by atoms with Gasteiger partial charge in [0.05, 0.1) is 10.5 Å². The number of carbonyl (C=O) groups excluding carboxylic acids is 1. The molecule has 0 spiro atoms. The highest BCUT2D eigenvalue weighted by molar-refractivity contribution is 7.89. The zero-order valence-corrected chi connectivity index (χ0v) is 14.5. The molecule has 0 unspecified atom stereocenters. The molecular weight excluding hydrogens is 359 g/mol. The SMILES string of the molecule is CNCCC(=O)N1CCN(S(=O)(=O)c2cccc(C(F)(F)F)c2)CC1. The van der Waals surface area contributed by atoms with Gasteiger partial charge < -0.3 is 10.2 Å². The van der Waals surface area contributed by atoms with Crippen LogP contribution in [0.5, 0.6) is 0 Å². The van der Waals surface area contributed by atoms with E-state index in [1.165, 1.54) is 0 Å². The average Bonchev–Trinajstić information content (AvgIpc) is 2.59. The third-order valence-electron chi connectivity index (χ3n) is 3.98. The second-order valence-electron chi connectivity index (χ2n) is 5.66. The van der Waals surface area contributed by atoms with Crippen LogP contribution in [-0.4, -0.2) is 63.3 Å². The smallest absolute Gasteiger partial charge is 0.340 e. The van der Waals surface area contributed by atoms with Crippen molar-refractivity contribution in [2.75, 3.05) is 39.8 Å². The molecular formula is C15H20F3N3O3S. The number of nitrogens with one attached hydrogen (secondary N) is 1. The summed E-state index contributed by atoms with van der Waals surface area (Å²) in [4.78, 5) is 13.1. The van der Waals surface area contributed by atoms with E-state index < -0.39 is 26.7 Å². The Bertz CT molecular complexity index is 714. The number of rotatable bonds is 5. The van der Waals surface area contributed by atoms with Crippen LogP contribution in [0.3, 0.4) is 0 Å². The van der Waals surface area contributed by atoms with Crippen molar-refractivity contribution >= 4 is 15.9 Å². The lowest BCUT2D eigenvalue weighted by Crippen LogP contribution is -2.50. The van der Waals surface area contributed by atoms with E-state index in [9.17, 15) is 26.4 Å². The molecule has 0 aliphatic carbocycles. The van der Waals surface area contributed by atoms with E-state index in [2.05, 4.69) is 5.32 Å². The van der Waals surface area contributed by atoms with Gasteiger partial charge in [0.25, 0.3) is 0 Å². The topological polar surface area (TPSA) is 69.7 Å². The van der Waals surface area contributed by atoms with Crippen LogP contribution in [0.1, 0.15) is 12.0 Å². The molecule has 2 rings (SSSR count). The Hall–Kier alpha value is -1.65. The first kappa shape index (κ1) is 19.7. The summed E-state index contributed by atoms with van der Waals surface area (Å²) in [6.45, 7) is 1.09. The van der Waals surface area contributed by atoms with Gasteiger partial charge >= 0.3 is 6.18 Å². The Labute approximate surface area is 144 Å². The average molecular weight is 379 g/mol. The lowest BCUT2D eigenvalue weighted by Gasteiger charge is -2.34. The highest BCUT2D eigenvalue weighted by atomic mass is 32.2. The monoisotopic (exact) mass is 379 g/mol.